The smallest absolute Gasteiger partial charge is 0.0570 e. The van der Waals surface area contributed by atoms with Crippen molar-refractivity contribution in [2.24, 2.45) is 5.92 Å². The number of nitrogens with one attached hydrogen (secondary N) is 1. The van der Waals surface area contributed by atoms with Gasteiger partial charge in [0, 0.05) is 12.1 Å². The highest BCUT2D eigenvalue weighted by Crippen LogP contribution is 2.28. The van der Waals surface area contributed by atoms with Gasteiger partial charge in [-0.15, -0.1) is 0 Å². The molecule has 0 saturated heterocycles. The fraction of sp³-hybridized carbons (Fsp3) is 1.00. The average Bonchev–Trinajstić information content (AvgIpc) is 2.33. The Kier molecular flexibility index (Phi) is 2.37. The maximum Gasteiger partial charge on any atom is 0.0570 e. The van der Waals surface area contributed by atoms with Crippen LogP contribution in [0, 0.1) is 5.92 Å². The SMILES string of the molecule is CC1CCC(NC2CC(O)C2)C1. The Bertz CT molecular complexity index is 154. The fourth-order valence-electron chi connectivity index (χ4n) is 2.42. The summed E-state index contributed by atoms with van der Waals surface area (Å²) in [6.45, 7) is 2.33. The lowest BCUT2D eigenvalue weighted by Gasteiger charge is -2.34. The van der Waals surface area contributed by atoms with Crippen molar-refractivity contribution in [3.05, 3.63) is 0 Å². The van der Waals surface area contributed by atoms with Crippen LogP contribution in [-0.4, -0.2) is 23.3 Å². The van der Waals surface area contributed by atoms with Gasteiger partial charge >= 0.3 is 0 Å². The van der Waals surface area contributed by atoms with Gasteiger partial charge in [-0.1, -0.05) is 6.92 Å². The summed E-state index contributed by atoms with van der Waals surface area (Å²) in [6.07, 6.45) is 6.00. The molecule has 2 heteroatoms. The minimum Gasteiger partial charge on any atom is -0.393 e. The van der Waals surface area contributed by atoms with Gasteiger partial charge in [-0.2, -0.15) is 0 Å². The largest absolute Gasteiger partial charge is 0.393 e. The van der Waals surface area contributed by atoms with Gasteiger partial charge in [-0.25, -0.2) is 0 Å². The second kappa shape index (κ2) is 3.35. The molecule has 0 aromatic carbocycles. The van der Waals surface area contributed by atoms with Crippen LogP contribution in [0.2, 0.25) is 0 Å². The zero-order chi connectivity index (χ0) is 8.55. The summed E-state index contributed by atoms with van der Waals surface area (Å²) in [5, 5.41) is 12.7. The maximum atomic E-state index is 9.10. The minimum atomic E-state index is -0.0127. The first-order valence-electron chi connectivity index (χ1n) is 5.18. The van der Waals surface area contributed by atoms with Crippen molar-refractivity contribution in [3.63, 3.8) is 0 Å². The van der Waals surface area contributed by atoms with E-state index in [2.05, 4.69) is 12.2 Å². The molecular formula is C10H19NO. The molecule has 2 aliphatic rings. The van der Waals surface area contributed by atoms with Gasteiger partial charge in [-0.05, 0) is 38.0 Å². The molecular weight excluding hydrogens is 150 g/mol. The van der Waals surface area contributed by atoms with Crippen molar-refractivity contribution in [1.82, 2.24) is 5.32 Å². The van der Waals surface area contributed by atoms with Gasteiger partial charge in [0.15, 0.2) is 0 Å². The normalized spacial score (nSPS) is 47.5. The standard InChI is InChI=1S/C10H19NO/c1-7-2-3-8(4-7)11-9-5-10(12)6-9/h7-12H,2-6H2,1H3. The maximum absolute atomic E-state index is 9.10. The summed E-state index contributed by atoms with van der Waals surface area (Å²) in [4.78, 5) is 0. The molecule has 0 heterocycles. The van der Waals surface area contributed by atoms with Crippen LogP contribution in [0.5, 0.6) is 0 Å². The molecule has 0 aliphatic heterocycles. The van der Waals surface area contributed by atoms with Gasteiger partial charge < -0.3 is 10.4 Å². The second-order valence-electron chi connectivity index (χ2n) is 4.60. The predicted octanol–water partition coefficient (Wildman–Crippen LogP) is 1.29. The van der Waals surface area contributed by atoms with Crippen LogP contribution >= 0.6 is 0 Å². The Balaban J connectivity index is 1.67. The molecule has 0 aromatic rings. The molecule has 2 unspecified atom stereocenters. The molecule has 2 N–H and O–H groups in total. The van der Waals surface area contributed by atoms with Crippen LogP contribution in [0.15, 0.2) is 0 Å². The predicted molar refractivity (Wildman–Crippen MR) is 49.0 cm³/mol. The summed E-state index contributed by atoms with van der Waals surface area (Å²) in [6, 6.07) is 1.37. The lowest BCUT2D eigenvalue weighted by atomic mass is 9.89. The lowest BCUT2D eigenvalue weighted by Crippen LogP contribution is -2.47. The van der Waals surface area contributed by atoms with Gasteiger partial charge in [0.1, 0.15) is 0 Å². The van der Waals surface area contributed by atoms with E-state index in [0.29, 0.717) is 6.04 Å². The van der Waals surface area contributed by atoms with Crippen molar-refractivity contribution in [2.75, 3.05) is 0 Å². The fourth-order valence-corrected chi connectivity index (χ4v) is 2.42. The summed E-state index contributed by atoms with van der Waals surface area (Å²) in [5.74, 6) is 0.910. The Morgan fingerprint density at radius 2 is 1.83 bits per heavy atom. The second-order valence-corrected chi connectivity index (χ2v) is 4.60. The first kappa shape index (κ1) is 8.52. The molecule has 0 amide bonds. The Hall–Kier alpha value is -0.0800. The quantitative estimate of drug-likeness (QED) is 0.653. The molecule has 0 spiro atoms. The lowest BCUT2D eigenvalue weighted by molar-refractivity contribution is 0.0579. The topological polar surface area (TPSA) is 32.3 Å². The van der Waals surface area contributed by atoms with E-state index in [1.807, 2.05) is 0 Å². The third-order valence-corrected chi connectivity index (χ3v) is 3.28. The van der Waals surface area contributed by atoms with Crippen LogP contribution in [0.1, 0.15) is 39.0 Å². The van der Waals surface area contributed by atoms with E-state index < -0.39 is 0 Å². The molecule has 2 atom stereocenters. The average molecular weight is 169 g/mol. The van der Waals surface area contributed by atoms with E-state index in [1.165, 1.54) is 19.3 Å². The van der Waals surface area contributed by atoms with Gasteiger partial charge in [0.05, 0.1) is 6.10 Å². The molecule has 2 rings (SSSR count). The van der Waals surface area contributed by atoms with E-state index in [1.54, 1.807) is 0 Å². The first-order valence-corrected chi connectivity index (χ1v) is 5.18. The molecule has 0 bridgehead atoms. The number of rotatable bonds is 2. The van der Waals surface area contributed by atoms with Gasteiger partial charge in [0.2, 0.25) is 0 Å². The van der Waals surface area contributed by atoms with Crippen LogP contribution < -0.4 is 5.32 Å². The summed E-state index contributed by atoms with van der Waals surface area (Å²) in [5.41, 5.74) is 0. The van der Waals surface area contributed by atoms with E-state index in [9.17, 15) is 0 Å². The molecule has 2 nitrogen and oxygen atoms in total. The van der Waals surface area contributed by atoms with Crippen molar-refractivity contribution in [2.45, 2.75) is 57.2 Å². The van der Waals surface area contributed by atoms with Crippen LogP contribution in [0.3, 0.4) is 0 Å². The third-order valence-electron chi connectivity index (χ3n) is 3.28. The van der Waals surface area contributed by atoms with E-state index >= 15 is 0 Å². The molecule has 2 saturated carbocycles. The molecule has 0 radical (unpaired) electrons. The van der Waals surface area contributed by atoms with E-state index in [0.717, 1.165) is 24.8 Å². The first-order chi connectivity index (χ1) is 5.74. The molecule has 2 aliphatic carbocycles. The number of aliphatic hydroxyl groups is 1. The highest BCUT2D eigenvalue weighted by Gasteiger charge is 2.30. The van der Waals surface area contributed by atoms with Crippen molar-refractivity contribution in [3.8, 4) is 0 Å². The zero-order valence-electron chi connectivity index (χ0n) is 7.79. The molecule has 2 fully saturated rings. The Morgan fingerprint density at radius 3 is 2.33 bits per heavy atom. The van der Waals surface area contributed by atoms with E-state index in [4.69, 9.17) is 5.11 Å². The zero-order valence-corrected chi connectivity index (χ0v) is 7.79. The van der Waals surface area contributed by atoms with E-state index in [-0.39, 0.29) is 6.10 Å². The van der Waals surface area contributed by atoms with Gasteiger partial charge in [0.25, 0.3) is 0 Å². The van der Waals surface area contributed by atoms with Crippen molar-refractivity contribution in [1.29, 1.82) is 0 Å². The minimum absolute atomic E-state index is 0.0127. The van der Waals surface area contributed by atoms with Crippen LogP contribution in [0.25, 0.3) is 0 Å². The van der Waals surface area contributed by atoms with Crippen LogP contribution in [-0.2, 0) is 0 Å². The number of hydrogen-bond acceptors (Lipinski definition) is 2. The summed E-state index contributed by atoms with van der Waals surface area (Å²) >= 11 is 0. The monoisotopic (exact) mass is 169 g/mol. The van der Waals surface area contributed by atoms with Crippen molar-refractivity contribution < 1.29 is 5.11 Å². The number of hydrogen-bond donors (Lipinski definition) is 2. The molecule has 70 valence electrons. The Labute approximate surface area is 74.4 Å². The van der Waals surface area contributed by atoms with Crippen molar-refractivity contribution >= 4 is 0 Å². The van der Waals surface area contributed by atoms with Gasteiger partial charge in [-0.3, -0.25) is 0 Å². The summed E-state index contributed by atoms with van der Waals surface area (Å²) in [7, 11) is 0. The number of aliphatic hydroxyl groups excluding tert-OH is 1. The highest BCUT2D eigenvalue weighted by molar-refractivity contribution is 4.89. The third kappa shape index (κ3) is 1.80. The van der Waals surface area contributed by atoms with Crippen LogP contribution in [0.4, 0.5) is 0 Å². The summed E-state index contributed by atoms with van der Waals surface area (Å²) < 4.78 is 0. The molecule has 0 aromatic heterocycles. The Morgan fingerprint density at radius 1 is 1.08 bits per heavy atom. The molecule has 12 heavy (non-hydrogen) atoms. The highest BCUT2D eigenvalue weighted by atomic mass is 16.3.